The van der Waals surface area contributed by atoms with Gasteiger partial charge in [-0.2, -0.15) is 0 Å². The second-order valence-electron chi connectivity index (χ2n) is 5.91. The van der Waals surface area contributed by atoms with Crippen molar-refractivity contribution in [2.45, 2.75) is 25.9 Å². The van der Waals surface area contributed by atoms with Gasteiger partial charge in [0.2, 0.25) is 5.91 Å². The Labute approximate surface area is 137 Å². The Morgan fingerprint density at radius 1 is 1.26 bits per heavy atom. The van der Waals surface area contributed by atoms with Crippen molar-refractivity contribution in [3.63, 3.8) is 0 Å². The zero-order valence-corrected chi connectivity index (χ0v) is 14.0. The van der Waals surface area contributed by atoms with Crippen LogP contribution in [-0.2, 0) is 9.59 Å². The van der Waals surface area contributed by atoms with E-state index in [-0.39, 0.29) is 18.4 Å². The SMILES string of the molecule is CNC(=O)C1CN(C(C)C)CCN1C(=O)COc1ccccc1. The molecular formula is C17H25N3O3. The van der Waals surface area contributed by atoms with Gasteiger partial charge in [-0.05, 0) is 26.0 Å². The van der Waals surface area contributed by atoms with Crippen LogP contribution in [0.2, 0.25) is 0 Å². The number of carbonyl (C=O) groups excluding carboxylic acids is 2. The standard InChI is InChI=1S/C17H25N3O3/c1-13(2)19-9-10-20(15(11-19)17(22)18-3)16(21)12-23-14-7-5-4-6-8-14/h4-8,13,15H,9-12H2,1-3H3,(H,18,22). The lowest BCUT2D eigenvalue weighted by Gasteiger charge is -2.42. The molecule has 1 N–H and O–H groups in total. The number of likely N-dealkylation sites (N-methyl/N-ethyl adjacent to an activating group) is 1. The highest BCUT2D eigenvalue weighted by Crippen LogP contribution is 2.14. The quantitative estimate of drug-likeness (QED) is 0.869. The smallest absolute Gasteiger partial charge is 0.261 e. The molecule has 1 fully saturated rings. The van der Waals surface area contributed by atoms with Crippen LogP contribution >= 0.6 is 0 Å². The molecule has 0 radical (unpaired) electrons. The first-order valence-corrected chi connectivity index (χ1v) is 7.96. The van der Waals surface area contributed by atoms with Crippen molar-refractivity contribution in [2.75, 3.05) is 33.3 Å². The fourth-order valence-corrected chi connectivity index (χ4v) is 2.71. The molecule has 2 rings (SSSR count). The number of benzene rings is 1. The number of carbonyl (C=O) groups is 2. The van der Waals surface area contributed by atoms with Crippen LogP contribution in [-0.4, -0.2) is 67.0 Å². The lowest BCUT2D eigenvalue weighted by atomic mass is 10.1. The average Bonchev–Trinajstić information content (AvgIpc) is 2.59. The number of hydrogen-bond donors (Lipinski definition) is 1. The van der Waals surface area contributed by atoms with Gasteiger partial charge in [-0.3, -0.25) is 14.5 Å². The fraction of sp³-hybridized carbons (Fsp3) is 0.529. The maximum Gasteiger partial charge on any atom is 0.261 e. The number of nitrogens with zero attached hydrogens (tertiary/aromatic N) is 2. The average molecular weight is 319 g/mol. The van der Waals surface area contributed by atoms with E-state index in [1.54, 1.807) is 24.1 Å². The topological polar surface area (TPSA) is 61.9 Å². The first kappa shape index (κ1) is 17.3. The second-order valence-corrected chi connectivity index (χ2v) is 5.91. The first-order valence-electron chi connectivity index (χ1n) is 7.96. The molecule has 1 aromatic carbocycles. The Balaban J connectivity index is 2.00. The summed E-state index contributed by atoms with van der Waals surface area (Å²) in [6.07, 6.45) is 0. The van der Waals surface area contributed by atoms with E-state index in [1.165, 1.54) is 0 Å². The summed E-state index contributed by atoms with van der Waals surface area (Å²) in [7, 11) is 1.60. The number of hydrogen-bond acceptors (Lipinski definition) is 4. The maximum absolute atomic E-state index is 12.5. The molecule has 1 aromatic rings. The van der Waals surface area contributed by atoms with Crippen LogP contribution in [0.4, 0.5) is 0 Å². The van der Waals surface area contributed by atoms with Crippen molar-refractivity contribution >= 4 is 11.8 Å². The summed E-state index contributed by atoms with van der Waals surface area (Å²) in [5.74, 6) is 0.354. The van der Waals surface area contributed by atoms with E-state index in [4.69, 9.17) is 4.74 Å². The van der Waals surface area contributed by atoms with Crippen LogP contribution in [0, 0.1) is 0 Å². The van der Waals surface area contributed by atoms with Crippen LogP contribution in [0.25, 0.3) is 0 Å². The van der Waals surface area contributed by atoms with Crippen LogP contribution in [0.5, 0.6) is 5.75 Å². The van der Waals surface area contributed by atoms with Gasteiger partial charge >= 0.3 is 0 Å². The Hall–Kier alpha value is -2.08. The summed E-state index contributed by atoms with van der Waals surface area (Å²) < 4.78 is 5.52. The highest BCUT2D eigenvalue weighted by Gasteiger charge is 2.35. The van der Waals surface area contributed by atoms with E-state index >= 15 is 0 Å². The van der Waals surface area contributed by atoms with Crippen molar-refractivity contribution in [3.05, 3.63) is 30.3 Å². The Kier molecular flexibility index (Phi) is 5.98. The van der Waals surface area contributed by atoms with Crippen LogP contribution in [0.1, 0.15) is 13.8 Å². The Bertz CT molecular complexity index is 533. The lowest BCUT2D eigenvalue weighted by molar-refractivity contribution is -0.145. The zero-order valence-electron chi connectivity index (χ0n) is 14.0. The largest absolute Gasteiger partial charge is 0.484 e. The summed E-state index contributed by atoms with van der Waals surface area (Å²) in [4.78, 5) is 28.5. The van der Waals surface area contributed by atoms with Crippen LogP contribution in [0.3, 0.4) is 0 Å². The van der Waals surface area contributed by atoms with E-state index in [0.717, 1.165) is 6.54 Å². The number of rotatable bonds is 5. The molecule has 1 atom stereocenters. The van der Waals surface area contributed by atoms with Gasteiger partial charge in [0, 0.05) is 32.7 Å². The third-order valence-electron chi connectivity index (χ3n) is 4.12. The Morgan fingerprint density at radius 2 is 1.96 bits per heavy atom. The van der Waals surface area contributed by atoms with Gasteiger partial charge in [-0.15, -0.1) is 0 Å². The molecule has 126 valence electrons. The van der Waals surface area contributed by atoms with E-state index < -0.39 is 6.04 Å². The third kappa shape index (κ3) is 4.45. The summed E-state index contributed by atoms with van der Waals surface area (Å²) in [6, 6.07) is 9.09. The molecule has 0 aliphatic carbocycles. The number of amides is 2. The minimum Gasteiger partial charge on any atom is -0.484 e. The molecule has 0 aromatic heterocycles. The molecule has 1 unspecified atom stereocenters. The summed E-state index contributed by atoms with van der Waals surface area (Å²) in [6.45, 7) is 5.98. The van der Waals surface area contributed by atoms with Crippen LogP contribution in [0.15, 0.2) is 30.3 Å². The summed E-state index contributed by atoms with van der Waals surface area (Å²) in [5.41, 5.74) is 0. The molecule has 0 saturated carbocycles. The lowest BCUT2D eigenvalue weighted by Crippen LogP contribution is -2.62. The molecule has 1 heterocycles. The summed E-state index contributed by atoms with van der Waals surface area (Å²) in [5, 5.41) is 2.65. The molecule has 1 aliphatic rings. The minimum absolute atomic E-state index is 0.0564. The zero-order chi connectivity index (χ0) is 16.8. The van der Waals surface area contributed by atoms with Gasteiger partial charge in [-0.25, -0.2) is 0 Å². The minimum atomic E-state index is -0.469. The van der Waals surface area contributed by atoms with Crippen molar-refractivity contribution in [3.8, 4) is 5.75 Å². The van der Waals surface area contributed by atoms with E-state index in [1.807, 2.05) is 18.2 Å². The van der Waals surface area contributed by atoms with E-state index in [0.29, 0.717) is 24.9 Å². The molecule has 2 amide bonds. The third-order valence-corrected chi connectivity index (χ3v) is 4.12. The molecule has 0 spiro atoms. The summed E-state index contributed by atoms with van der Waals surface area (Å²) >= 11 is 0. The molecule has 1 aliphatic heterocycles. The number of para-hydroxylation sites is 1. The highest BCUT2D eigenvalue weighted by molar-refractivity contribution is 5.88. The maximum atomic E-state index is 12.5. The molecule has 1 saturated heterocycles. The predicted octanol–water partition coefficient (Wildman–Crippen LogP) is 0.733. The molecule has 6 heteroatoms. The molecular weight excluding hydrogens is 294 g/mol. The molecule has 0 bridgehead atoms. The first-order chi connectivity index (χ1) is 11.0. The van der Waals surface area contributed by atoms with Gasteiger partial charge in [0.25, 0.3) is 5.91 Å². The number of nitrogens with one attached hydrogen (secondary N) is 1. The van der Waals surface area contributed by atoms with Gasteiger partial charge in [0.1, 0.15) is 11.8 Å². The van der Waals surface area contributed by atoms with Crippen LogP contribution < -0.4 is 10.1 Å². The van der Waals surface area contributed by atoms with E-state index in [2.05, 4.69) is 24.1 Å². The second kappa shape index (κ2) is 7.97. The van der Waals surface area contributed by atoms with Gasteiger partial charge in [0.05, 0.1) is 0 Å². The highest BCUT2D eigenvalue weighted by atomic mass is 16.5. The van der Waals surface area contributed by atoms with E-state index in [9.17, 15) is 9.59 Å². The monoisotopic (exact) mass is 319 g/mol. The van der Waals surface area contributed by atoms with Gasteiger partial charge in [0.15, 0.2) is 6.61 Å². The van der Waals surface area contributed by atoms with Crippen molar-refractivity contribution < 1.29 is 14.3 Å². The molecule has 23 heavy (non-hydrogen) atoms. The number of ether oxygens (including phenoxy) is 1. The van der Waals surface area contributed by atoms with Gasteiger partial charge < -0.3 is 15.0 Å². The Morgan fingerprint density at radius 3 is 2.57 bits per heavy atom. The predicted molar refractivity (Wildman–Crippen MR) is 88.2 cm³/mol. The van der Waals surface area contributed by atoms with Crippen molar-refractivity contribution in [1.82, 2.24) is 15.1 Å². The number of piperazine rings is 1. The van der Waals surface area contributed by atoms with Gasteiger partial charge in [-0.1, -0.05) is 18.2 Å². The normalized spacial score (nSPS) is 18.8. The van der Waals surface area contributed by atoms with Crippen molar-refractivity contribution in [2.24, 2.45) is 0 Å². The van der Waals surface area contributed by atoms with Crippen molar-refractivity contribution in [1.29, 1.82) is 0 Å². The fourth-order valence-electron chi connectivity index (χ4n) is 2.71. The molecule has 6 nitrogen and oxygen atoms in total.